The van der Waals surface area contributed by atoms with Gasteiger partial charge in [-0.2, -0.15) is 13.2 Å². The molecule has 3 aliphatic rings. The van der Waals surface area contributed by atoms with Crippen molar-refractivity contribution in [2.24, 2.45) is 17.8 Å². The molecule has 1 aliphatic heterocycles. The summed E-state index contributed by atoms with van der Waals surface area (Å²) in [4.78, 5) is 37.5. The molecule has 3 aromatic rings. The van der Waals surface area contributed by atoms with Crippen molar-refractivity contribution in [3.05, 3.63) is 71.5 Å². The number of ether oxygens (including phenoxy) is 2. The lowest BCUT2D eigenvalue weighted by Gasteiger charge is -2.31. The van der Waals surface area contributed by atoms with E-state index in [2.05, 4.69) is 10.6 Å². The number of benzene rings is 3. The number of hydrogen-bond donors (Lipinski definition) is 3. The van der Waals surface area contributed by atoms with Crippen molar-refractivity contribution < 1.29 is 54.9 Å². The average molecular weight is 691 g/mol. The van der Waals surface area contributed by atoms with E-state index in [1.165, 1.54) is 19.2 Å². The number of amides is 2. The largest absolute Gasteiger partial charge is 0.501 e. The number of nitrogens with one attached hydrogen (secondary N) is 2. The summed E-state index contributed by atoms with van der Waals surface area (Å²) in [6.07, 6.45) is 1.91. The zero-order chi connectivity index (χ0) is 34.5. The lowest BCUT2D eigenvalue weighted by atomic mass is 9.83. The van der Waals surface area contributed by atoms with Crippen molar-refractivity contribution in [1.29, 1.82) is 0 Å². The van der Waals surface area contributed by atoms with Gasteiger partial charge in [0.25, 0.3) is 15.7 Å². The molecule has 1 heterocycles. The number of carbonyl (C=O) groups is 3. The third-order valence-corrected chi connectivity index (χ3v) is 10.9. The molecular weight excluding hydrogens is 660 g/mol. The van der Waals surface area contributed by atoms with Gasteiger partial charge in [0.2, 0.25) is 5.91 Å². The topological polar surface area (TPSA) is 148 Å². The molecule has 2 saturated carbocycles. The molecule has 15 heteroatoms. The first-order chi connectivity index (χ1) is 22.7. The molecule has 3 N–H and O–H groups in total. The van der Waals surface area contributed by atoms with E-state index in [4.69, 9.17) is 9.47 Å². The molecule has 0 spiro atoms. The number of hydrogen-bond acceptors (Lipinski definition) is 7. The first-order valence-corrected chi connectivity index (χ1v) is 16.6. The highest BCUT2D eigenvalue weighted by Crippen LogP contribution is 2.49. The van der Waals surface area contributed by atoms with Gasteiger partial charge in [-0.05, 0) is 67.0 Å². The third-order valence-electron chi connectivity index (χ3n) is 9.39. The van der Waals surface area contributed by atoms with Crippen LogP contribution in [0.3, 0.4) is 0 Å². The van der Waals surface area contributed by atoms with Crippen molar-refractivity contribution in [2.75, 3.05) is 19.0 Å². The van der Waals surface area contributed by atoms with Crippen LogP contribution in [0.25, 0.3) is 11.1 Å². The van der Waals surface area contributed by atoms with Crippen molar-refractivity contribution in [2.45, 2.75) is 48.0 Å². The summed E-state index contributed by atoms with van der Waals surface area (Å²) in [5, 5.41) is 14.6. The van der Waals surface area contributed by atoms with E-state index in [-0.39, 0.29) is 53.3 Å². The number of anilines is 1. The Morgan fingerprint density at radius 1 is 1.04 bits per heavy atom. The average Bonchev–Trinajstić information content (AvgIpc) is 3.75. The van der Waals surface area contributed by atoms with Gasteiger partial charge in [-0.15, -0.1) is 0 Å². The van der Waals surface area contributed by atoms with Gasteiger partial charge in [0.15, 0.2) is 0 Å². The van der Waals surface area contributed by atoms with Gasteiger partial charge in [-0.1, -0.05) is 18.2 Å². The second-order valence-corrected chi connectivity index (χ2v) is 14.2. The standard InChI is InChI=1S/C33H30F4N2O8S/c1-46-26-14-25(34)23(16-7-8-22-19(11-28(40)41)15-47-27(22)10-16)13-24(26)31(42)39-30-18-6-5-17(9-18)29(30)32(43)38-20-3-2-4-21(12-20)48(44,45)33(35,36)37/h2-4,7-8,10,12-14,17-19,29-30H,5-6,9,11,15H2,1H3,(H,38,43)(H,39,42)(H,40,41). The molecule has 2 fully saturated rings. The fraction of sp³-hybridized carbons (Fsp3) is 0.364. The van der Waals surface area contributed by atoms with Crippen LogP contribution >= 0.6 is 0 Å². The molecule has 0 aromatic heterocycles. The van der Waals surface area contributed by atoms with Crippen LogP contribution in [0.5, 0.6) is 11.5 Å². The molecule has 6 rings (SSSR count). The summed E-state index contributed by atoms with van der Waals surface area (Å²) in [7, 11) is -4.36. The molecule has 48 heavy (non-hydrogen) atoms. The Hall–Kier alpha value is -4.66. The van der Waals surface area contributed by atoms with E-state index in [1.54, 1.807) is 18.2 Å². The van der Waals surface area contributed by atoms with Gasteiger partial charge in [-0.25, -0.2) is 12.8 Å². The fourth-order valence-electron chi connectivity index (χ4n) is 7.15. The minimum atomic E-state index is -5.64. The lowest BCUT2D eigenvalue weighted by Crippen LogP contribution is -2.48. The van der Waals surface area contributed by atoms with Crippen LogP contribution in [0.15, 0.2) is 59.5 Å². The quantitative estimate of drug-likeness (QED) is 0.249. The van der Waals surface area contributed by atoms with E-state index in [1.807, 2.05) is 0 Å². The molecule has 254 valence electrons. The summed E-state index contributed by atoms with van der Waals surface area (Å²) >= 11 is 0. The van der Waals surface area contributed by atoms with Gasteiger partial charge in [0.1, 0.15) is 17.3 Å². The Morgan fingerprint density at radius 3 is 2.50 bits per heavy atom. The van der Waals surface area contributed by atoms with E-state index < -0.39 is 55.8 Å². The van der Waals surface area contributed by atoms with Gasteiger partial charge < -0.3 is 25.2 Å². The van der Waals surface area contributed by atoms with Crippen LogP contribution in [-0.2, 0) is 19.4 Å². The number of rotatable bonds is 9. The number of fused-ring (bicyclic) bond motifs is 3. The summed E-state index contributed by atoms with van der Waals surface area (Å²) in [6, 6.07) is 10.5. The molecule has 0 radical (unpaired) electrons. The first kappa shape index (κ1) is 33.2. The SMILES string of the molecule is COc1cc(F)c(-c2ccc3c(c2)OCC3CC(=O)O)cc1C(=O)NC1C2CCC(C2)C1C(=O)Nc1cccc(S(=O)(=O)C(F)(F)F)c1. The maximum absolute atomic E-state index is 15.4. The Morgan fingerprint density at radius 2 is 1.79 bits per heavy atom. The third kappa shape index (κ3) is 6.06. The Kier molecular flexibility index (Phi) is 8.60. The van der Waals surface area contributed by atoms with Crippen molar-refractivity contribution in [1.82, 2.24) is 5.32 Å². The summed E-state index contributed by atoms with van der Waals surface area (Å²) < 4.78 is 89.5. The molecule has 2 aliphatic carbocycles. The molecule has 0 saturated heterocycles. The predicted molar refractivity (Wildman–Crippen MR) is 163 cm³/mol. The van der Waals surface area contributed by atoms with Crippen LogP contribution < -0.4 is 20.1 Å². The van der Waals surface area contributed by atoms with E-state index in [0.29, 0.717) is 29.7 Å². The highest BCUT2D eigenvalue weighted by atomic mass is 32.2. The second kappa shape index (κ2) is 12.4. The number of carboxylic acids is 1. The molecule has 2 bridgehead atoms. The molecule has 2 amide bonds. The number of aliphatic carboxylic acids is 1. The van der Waals surface area contributed by atoms with E-state index in [0.717, 1.165) is 30.7 Å². The molecule has 5 atom stereocenters. The molecular formula is C33H30F4N2O8S. The maximum atomic E-state index is 15.4. The number of sulfone groups is 1. The zero-order valence-corrected chi connectivity index (χ0v) is 26.2. The van der Waals surface area contributed by atoms with Gasteiger partial charge >= 0.3 is 11.5 Å². The minimum Gasteiger partial charge on any atom is -0.496 e. The summed E-state index contributed by atoms with van der Waals surface area (Å²) in [5.74, 6) is -3.85. The van der Waals surface area contributed by atoms with Gasteiger partial charge in [0, 0.05) is 34.8 Å². The van der Waals surface area contributed by atoms with Crippen LogP contribution in [0.1, 0.15) is 47.5 Å². The molecule has 3 aromatic carbocycles. The lowest BCUT2D eigenvalue weighted by molar-refractivity contribution is -0.137. The summed E-state index contributed by atoms with van der Waals surface area (Å²) in [6.45, 7) is 0.167. The van der Waals surface area contributed by atoms with Crippen LogP contribution in [-0.4, -0.2) is 56.6 Å². The number of halogens is 4. The fourth-order valence-corrected chi connectivity index (χ4v) is 7.96. The number of methoxy groups -OCH3 is 1. The van der Waals surface area contributed by atoms with E-state index in [9.17, 15) is 41.1 Å². The monoisotopic (exact) mass is 690 g/mol. The van der Waals surface area contributed by atoms with Crippen molar-refractivity contribution in [3.63, 3.8) is 0 Å². The number of alkyl halides is 3. The van der Waals surface area contributed by atoms with E-state index >= 15 is 4.39 Å². The zero-order valence-electron chi connectivity index (χ0n) is 25.3. The highest BCUT2D eigenvalue weighted by Gasteiger charge is 2.52. The van der Waals surface area contributed by atoms with Crippen LogP contribution in [0.4, 0.5) is 23.2 Å². The minimum absolute atomic E-state index is 0.00828. The predicted octanol–water partition coefficient (Wildman–Crippen LogP) is 5.53. The highest BCUT2D eigenvalue weighted by molar-refractivity contribution is 7.92. The second-order valence-electron chi connectivity index (χ2n) is 12.2. The Balaban J connectivity index is 1.24. The number of carbonyl (C=O) groups excluding carboxylic acids is 2. The Bertz CT molecular complexity index is 1920. The summed E-state index contributed by atoms with van der Waals surface area (Å²) in [5.41, 5.74) is -4.55. The van der Waals surface area contributed by atoms with Gasteiger partial charge in [0.05, 0.1) is 36.5 Å². The van der Waals surface area contributed by atoms with Crippen molar-refractivity contribution in [3.8, 4) is 22.6 Å². The Labute approximate surface area is 272 Å². The normalized spacial score (nSPS) is 22.9. The molecule has 5 unspecified atom stereocenters. The smallest absolute Gasteiger partial charge is 0.496 e. The maximum Gasteiger partial charge on any atom is 0.501 e. The number of carboxylic acid groups (broad SMARTS) is 1. The first-order valence-electron chi connectivity index (χ1n) is 15.1. The van der Waals surface area contributed by atoms with Crippen LogP contribution in [0, 0.1) is 23.6 Å². The van der Waals surface area contributed by atoms with Crippen molar-refractivity contribution >= 4 is 33.3 Å². The van der Waals surface area contributed by atoms with Gasteiger partial charge in [-0.3, -0.25) is 14.4 Å². The molecule has 10 nitrogen and oxygen atoms in total. The van der Waals surface area contributed by atoms with Crippen LogP contribution in [0.2, 0.25) is 0 Å².